The number of nitrogens with one attached hydrogen (secondary N) is 3. The van der Waals surface area contributed by atoms with Gasteiger partial charge in [-0.25, -0.2) is 9.37 Å². The highest BCUT2D eigenvalue weighted by molar-refractivity contribution is 6.33. The average molecular weight is 461 g/mol. The van der Waals surface area contributed by atoms with Gasteiger partial charge in [0.2, 0.25) is 11.8 Å². The summed E-state index contributed by atoms with van der Waals surface area (Å²) in [5.41, 5.74) is 1.58. The summed E-state index contributed by atoms with van der Waals surface area (Å²) in [7, 11) is 0. The molecule has 4 rings (SSSR count). The van der Waals surface area contributed by atoms with E-state index in [2.05, 4.69) is 20.9 Å². The first-order valence-electron chi connectivity index (χ1n) is 10.9. The summed E-state index contributed by atoms with van der Waals surface area (Å²) < 4.78 is 20.0. The Morgan fingerprint density at radius 1 is 1.28 bits per heavy atom. The molecule has 1 fully saturated rings. The van der Waals surface area contributed by atoms with Gasteiger partial charge in [-0.15, -0.1) is 0 Å². The molecular formula is C23H26ClFN4O3. The first kappa shape index (κ1) is 22.3. The Hall–Kier alpha value is -2.87. The fourth-order valence-corrected chi connectivity index (χ4v) is 4.45. The number of carbonyl (C=O) groups excluding carboxylic acids is 2. The molecule has 170 valence electrons. The highest BCUT2D eigenvalue weighted by Gasteiger charge is 2.28. The molecule has 0 saturated heterocycles. The number of pyridine rings is 1. The molecule has 2 amide bonds. The Morgan fingerprint density at radius 2 is 2.12 bits per heavy atom. The number of rotatable bonds is 5. The molecule has 0 bridgehead atoms. The molecule has 7 nitrogen and oxygen atoms in total. The average Bonchev–Trinajstić information content (AvgIpc) is 2.79. The van der Waals surface area contributed by atoms with Gasteiger partial charge in [0.1, 0.15) is 18.2 Å². The molecule has 1 aliphatic heterocycles. The summed E-state index contributed by atoms with van der Waals surface area (Å²) in [6.07, 6.45) is 4.94. The number of hydrogen-bond donors (Lipinski definition) is 3. The van der Waals surface area contributed by atoms with Gasteiger partial charge in [-0.1, -0.05) is 24.9 Å². The molecule has 32 heavy (non-hydrogen) atoms. The van der Waals surface area contributed by atoms with Gasteiger partial charge in [-0.2, -0.15) is 0 Å². The summed E-state index contributed by atoms with van der Waals surface area (Å²) in [4.78, 5) is 28.8. The number of amides is 2. The predicted molar refractivity (Wildman–Crippen MR) is 121 cm³/mol. The molecule has 0 unspecified atom stereocenters. The van der Waals surface area contributed by atoms with Crippen LogP contribution in [0.1, 0.15) is 39.0 Å². The number of halogens is 2. The number of ether oxygens (including phenoxy) is 1. The van der Waals surface area contributed by atoms with Crippen LogP contribution in [0.2, 0.25) is 5.02 Å². The van der Waals surface area contributed by atoms with Crippen molar-refractivity contribution in [3.8, 4) is 16.9 Å². The van der Waals surface area contributed by atoms with Gasteiger partial charge in [0.05, 0.1) is 10.7 Å². The van der Waals surface area contributed by atoms with E-state index in [0.717, 1.165) is 19.3 Å². The zero-order valence-electron chi connectivity index (χ0n) is 17.8. The highest BCUT2D eigenvalue weighted by atomic mass is 35.5. The van der Waals surface area contributed by atoms with Crippen LogP contribution in [0.4, 0.5) is 15.9 Å². The summed E-state index contributed by atoms with van der Waals surface area (Å²) in [6.45, 7) is 2.85. The normalized spacial score (nSPS) is 19.8. The molecule has 1 aromatic heterocycles. The van der Waals surface area contributed by atoms with E-state index < -0.39 is 5.82 Å². The van der Waals surface area contributed by atoms with Gasteiger partial charge < -0.3 is 20.7 Å². The molecule has 3 N–H and O–H groups in total. The van der Waals surface area contributed by atoms with Crippen LogP contribution in [-0.2, 0) is 9.59 Å². The van der Waals surface area contributed by atoms with Crippen LogP contribution >= 0.6 is 11.6 Å². The minimum atomic E-state index is -0.419. The standard InChI is InChI=1S/C23H26ClFN4O3/c1-2-21(30)28-15-5-3-4-13(8-15)23(31)29-20-11-16(18(24)12-27-20)17-9-14(25)10-19-22(17)32-7-6-26-19/h9-13,15,26H,2-8H2,1H3,(H,28,30)(H,27,29,31)/t13-,15+/m0/s1. The van der Waals surface area contributed by atoms with Crippen molar-refractivity contribution >= 4 is 34.9 Å². The number of anilines is 2. The summed E-state index contributed by atoms with van der Waals surface area (Å²) in [5.74, 6) is 0.0511. The monoisotopic (exact) mass is 460 g/mol. The van der Waals surface area contributed by atoms with Gasteiger partial charge in [0.25, 0.3) is 0 Å². The van der Waals surface area contributed by atoms with Crippen molar-refractivity contribution in [1.82, 2.24) is 10.3 Å². The minimum absolute atomic E-state index is 0.00385. The van der Waals surface area contributed by atoms with Crippen LogP contribution in [0, 0.1) is 11.7 Å². The highest BCUT2D eigenvalue weighted by Crippen LogP contribution is 2.42. The SMILES string of the molecule is CCC(=O)N[C@@H]1CCC[C@H](C(=O)Nc2cc(-c3cc(F)cc4c3OCCN4)c(Cl)cn2)C1. The van der Waals surface area contributed by atoms with E-state index in [1.165, 1.54) is 18.3 Å². The second-order valence-corrected chi connectivity index (χ2v) is 8.53. The van der Waals surface area contributed by atoms with Crippen molar-refractivity contribution in [2.24, 2.45) is 5.92 Å². The zero-order valence-corrected chi connectivity index (χ0v) is 18.6. The maximum atomic E-state index is 14.2. The Morgan fingerprint density at radius 3 is 2.94 bits per heavy atom. The Kier molecular flexibility index (Phi) is 6.79. The number of carbonyl (C=O) groups is 2. The summed E-state index contributed by atoms with van der Waals surface area (Å²) >= 11 is 6.38. The number of benzene rings is 1. The molecule has 1 aliphatic carbocycles. The van der Waals surface area contributed by atoms with Crippen LogP contribution in [0.15, 0.2) is 24.4 Å². The number of hydrogen-bond acceptors (Lipinski definition) is 5. The van der Waals surface area contributed by atoms with Crippen molar-refractivity contribution in [2.45, 2.75) is 45.1 Å². The molecule has 2 atom stereocenters. The Labute approximate surface area is 191 Å². The molecule has 0 radical (unpaired) electrons. The maximum Gasteiger partial charge on any atom is 0.228 e. The molecule has 1 aromatic carbocycles. The molecule has 9 heteroatoms. The van der Waals surface area contributed by atoms with Crippen LogP contribution in [0.5, 0.6) is 5.75 Å². The van der Waals surface area contributed by atoms with Gasteiger partial charge >= 0.3 is 0 Å². The van der Waals surface area contributed by atoms with Crippen molar-refractivity contribution in [3.63, 3.8) is 0 Å². The molecular weight excluding hydrogens is 435 g/mol. The number of aromatic nitrogens is 1. The van der Waals surface area contributed by atoms with E-state index in [0.29, 0.717) is 59.4 Å². The van der Waals surface area contributed by atoms with E-state index in [1.807, 2.05) is 6.92 Å². The summed E-state index contributed by atoms with van der Waals surface area (Å²) in [5, 5.41) is 9.29. The van der Waals surface area contributed by atoms with Crippen molar-refractivity contribution < 1.29 is 18.7 Å². The van der Waals surface area contributed by atoms with Gasteiger partial charge in [0.15, 0.2) is 5.75 Å². The zero-order chi connectivity index (χ0) is 22.7. The lowest BCUT2D eigenvalue weighted by molar-refractivity contribution is -0.124. The van der Waals surface area contributed by atoms with Crippen molar-refractivity contribution in [2.75, 3.05) is 23.8 Å². The van der Waals surface area contributed by atoms with E-state index in [-0.39, 0.29) is 23.8 Å². The fraction of sp³-hybridized carbons (Fsp3) is 0.435. The van der Waals surface area contributed by atoms with Gasteiger partial charge in [-0.3, -0.25) is 9.59 Å². The van der Waals surface area contributed by atoms with Crippen LogP contribution in [0.25, 0.3) is 11.1 Å². The Balaban J connectivity index is 1.53. The van der Waals surface area contributed by atoms with Gasteiger partial charge in [0, 0.05) is 48.3 Å². The van der Waals surface area contributed by atoms with E-state index in [4.69, 9.17) is 16.3 Å². The largest absolute Gasteiger partial charge is 0.489 e. The molecule has 1 saturated carbocycles. The van der Waals surface area contributed by atoms with Crippen LogP contribution < -0.4 is 20.7 Å². The fourth-order valence-electron chi connectivity index (χ4n) is 4.25. The third-order valence-electron chi connectivity index (χ3n) is 5.85. The molecule has 2 aliphatic rings. The van der Waals surface area contributed by atoms with E-state index >= 15 is 0 Å². The molecule has 2 heterocycles. The minimum Gasteiger partial charge on any atom is -0.489 e. The molecule has 2 aromatic rings. The van der Waals surface area contributed by atoms with E-state index in [1.54, 1.807) is 6.07 Å². The lowest BCUT2D eigenvalue weighted by atomic mass is 9.85. The summed E-state index contributed by atoms with van der Waals surface area (Å²) in [6, 6.07) is 4.38. The van der Waals surface area contributed by atoms with Crippen molar-refractivity contribution in [3.05, 3.63) is 35.2 Å². The van der Waals surface area contributed by atoms with Crippen LogP contribution in [0.3, 0.4) is 0 Å². The van der Waals surface area contributed by atoms with Crippen molar-refractivity contribution in [1.29, 1.82) is 0 Å². The lowest BCUT2D eigenvalue weighted by Crippen LogP contribution is -2.40. The second kappa shape index (κ2) is 9.73. The number of fused-ring (bicyclic) bond motifs is 1. The third-order valence-corrected chi connectivity index (χ3v) is 6.15. The molecule has 0 spiro atoms. The third kappa shape index (κ3) is 4.96. The quantitative estimate of drug-likeness (QED) is 0.616. The first-order chi connectivity index (χ1) is 15.4. The number of nitrogens with zero attached hydrogens (tertiary/aromatic N) is 1. The van der Waals surface area contributed by atoms with Gasteiger partial charge in [-0.05, 0) is 31.4 Å². The Bertz CT molecular complexity index is 1030. The topological polar surface area (TPSA) is 92.4 Å². The smallest absolute Gasteiger partial charge is 0.228 e. The first-order valence-corrected chi connectivity index (χ1v) is 11.3. The lowest BCUT2D eigenvalue weighted by Gasteiger charge is -2.29. The van der Waals surface area contributed by atoms with E-state index in [9.17, 15) is 14.0 Å². The maximum absolute atomic E-state index is 14.2. The predicted octanol–water partition coefficient (Wildman–Crippen LogP) is 4.37. The van der Waals surface area contributed by atoms with Crippen LogP contribution in [-0.4, -0.2) is 36.0 Å². The second-order valence-electron chi connectivity index (χ2n) is 8.13.